The van der Waals surface area contributed by atoms with Gasteiger partial charge in [0, 0.05) is 16.6 Å². The molecule has 0 spiro atoms. The van der Waals surface area contributed by atoms with Gasteiger partial charge in [0.2, 0.25) is 0 Å². The highest BCUT2D eigenvalue weighted by Gasteiger charge is 2.36. The number of nitrogens with one attached hydrogen (secondary N) is 1. The first-order valence-electron chi connectivity index (χ1n) is 10.9. The molecule has 9 nitrogen and oxygen atoms in total. The molecule has 35 heavy (non-hydrogen) atoms. The minimum absolute atomic E-state index is 0.00347. The van der Waals surface area contributed by atoms with Crippen LogP contribution in [0.5, 0.6) is 0 Å². The van der Waals surface area contributed by atoms with Crippen LogP contribution in [0.2, 0.25) is 5.02 Å². The maximum absolute atomic E-state index is 14.2. The molecule has 0 aliphatic heterocycles. The second-order valence-electron chi connectivity index (χ2n) is 8.35. The molecule has 3 rings (SSSR count). The fourth-order valence-electron chi connectivity index (χ4n) is 3.57. The number of aliphatic hydroxyl groups is 1. The molecule has 11 heteroatoms. The number of aromatic nitrogens is 3. The molecule has 0 radical (unpaired) electrons. The third-order valence-corrected chi connectivity index (χ3v) is 5.78. The summed E-state index contributed by atoms with van der Waals surface area (Å²) in [5.41, 5.74) is 0.254. The molecule has 186 valence electrons. The molecule has 2 aromatic carbocycles. The van der Waals surface area contributed by atoms with E-state index >= 15 is 0 Å². The normalized spacial score (nSPS) is 13.6. The molecule has 3 N–H and O–H groups in total. The molecule has 1 aromatic heterocycles. The third kappa shape index (κ3) is 6.55. The molecule has 3 aromatic rings. The highest BCUT2D eigenvalue weighted by atomic mass is 35.5. The van der Waals surface area contributed by atoms with Gasteiger partial charge in [0.15, 0.2) is 5.69 Å². The third-order valence-electron chi connectivity index (χ3n) is 5.54. The zero-order chi connectivity index (χ0) is 25.6. The summed E-state index contributed by atoms with van der Waals surface area (Å²) >= 11 is 5.99. The fraction of sp³-hybridized carbons (Fsp3) is 0.333. The van der Waals surface area contributed by atoms with Crippen LogP contribution in [0, 0.1) is 11.2 Å². The van der Waals surface area contributed by atoms with E-state index in [1.54, 1.807) is 31.2 Å². The number of benzene rings is 2. The van der Waals surface area contributed by atoms with Gasteiger partial charge in [0.05, 0.1) is 12.0 Å². The number of rotatable bonds is 11. The van der Waals surface area contributed by atoms with Crippen LogP contribution in [0.4, 0.5) is 4.39 Å². The molecule has 0 fully saturated rings. The second kappa shape index (κ2) is 11.3. The average molecular weight is 505 g/mol. The number of aliphatic hydroxyl groups excluding tert-OH is 1. The Labute approximate surface area is 206 Å². The van der Waals surface area contributed by atoms with Crippen molar-refractivity contribution in [3.8, 4) is 11.1 Å². The van der Waals surface area contributed by atoms with Gasteiger partial charge in [-0.05, 0) is 61.2 Å². The number of halogens is 2. The van der Waals surface area contributed by atoms with Gasteiger partial charge < -0.3 is 20.4 Å². The number of carbonyl (C=O) groups is 2. The highest BCUT2D eigenvalue weighted by Crippen LogP contribution is 2.28. The minimum Gasteiger partial charge on any atom is -0.481 e. The Balaban J connectivity index is 1.82. The van der Waals surface area contributed by atoms with Crippen molar-refractivity contribution in [1.82, 2.24) is 20.5 Å². The van der Waals surface area contributed by atoms with Gasteiger partial charge in [0.25, 0.3) is 5.91 Å². The minimum atomic E-state index is -1.48. The molecule has 0 saturated heterocycles. The molecule has 1 amide bonds. The van der Waals surface area contributed by atoms with E-state index in [1.165, 1.54) is 31.3 Å². The molecular weight excluding hydrogens is 479 g/mol. The summed E-state index contributed by atoms with van der Waals surface area (Å²) in [6.07, 6.45) is 1.52. The van der Waals surface area contributed by atoms with Crippen molar-refractivity contribution < 1.29 is 29.0 Å². The van der Waals surface area contributed by atoms with Crippen molar-refractivity contribution in [1.29, 1.82) is 0 Å². The zero-order valence-corrected chi connectivity index (χ0v) is 20.0. The molecular formula is C24H26ClFN4O5. The van der Waals surface area contributed by atoms with Crippen molar-refractivity contribution in [2.75, 3.05) is 13.2 Å². The second-order valence-corrected chi connectivity index (χ2v) is 8.78. The van der Waals surface area contributed by atoms with E-state index in [0.29, 0.717) is 22.8 Å². The molecule has 1 heterocycles. The van der Waals surface area contributed by atoms with E-state index in [1.807, 2.05) is 0 Å². The first-order valence-corrected chi connectivity index (χ1v) is 11.3. The van der Waals surface area contributed by atoms with Gasteiger partial charge in [-0.2, -0.15) is 0 Å². The number of carbonyl (C=O) groups excluding carboxylic acids is 1. The molecule has 0 aliphatic rings. The van der Waals surface area contributed by atoms with Crippen molar-refractivity contribution >= 4 is 23.5 Å². The quantitative estimate of drug-likeness (QED) is 0.366. The maximum atomic E-state index is 14.2. The van der Waals surface area contributed by atoms with Gasteiger partial charge in [-0.15, -0.1) is 5.10 Å². The summed E-state index contributed by atoms with van der Waals surface area (Å²) < 4.78 is 14.2. The Morgan fingerprint density at radius 1 is 1.26 bits per heavy atom. The number of amides is 1. The predicted molar refractivity (Wildman–Crippen MR) is 126 cm³/mol. The van der Waals surface area contributed by atoms with E-state index in [2.05, 4.69) is 15.6 Å². The van der Waals surface area contributed by atoms with Crippen LogP contribution < -0.4 is 10.2 Å². The predicted octanol–water partition coefficient (Wildman–Crippen LogP) is 3.00. The summed E-state index contributed by atoms with van der Waals surface area (Å²) in [6, 6.07) is 10.6. The van der Waals surface area contributed by atoms with Crippen LogP contribution >= 0.6 is 11.6 Å². The fourth-order valence-corrected chi connectivity index (χ4v) is 3.74. The first kappa shape index (κ1) is 26.1. The van der Waals surface area contributed by atoms with Crippen LogP contribution in [0.3, 0.4) is 0 Å². The Bertz CT molecular complexity index is 1190. The first-order chi connectivity index (χ1) is 16.6. The monoisotopic (exact) mass is 504 g/mol. The van der Waals surface area contributed by atoms with E-state index < -0.39 is 35.8 Å². The number of aliphatic carboxylic acids is 1. The van der Waals surface area contributed by atoms with Crippen molar-refractivity contribution in [2.24, 2.45) is 5.41 Å². The van der Waals surface area contributed by atoms with E-state index in [9.17, 15) is 24.2 Å². The summed E-state index contributed by atoms with van der Waals surface area (Å²) in [4.78, 5) is 30.7. The Kier molecular flexibility index (Phi) is 8.42. The summed E-state index contributed by atoms with van der Waals surface area (Å²) in [7, 11) is 0. The largest absolute Gasteiger partial charge is 0.481 e. The number of hydrogen-bond acceptors (Lipinski definition) is 6. The Morgan fingerprint density at radius 3 is 2.60 bits per heavy atom. The lowest BCUT2D eigenvalue weighted by Crippen LogP contribution is -2.44. The summed E-state index contributed by atoms with van der Waals surface area (Å²) in [5.74, 6) is -2.16. The molecule has 0 saturated carbocycles. The lowest BCUT2D eigenvalue weighted by atomic mass is 9.82. The number of hydrogen-bond donors (Lipinski definition) is 3. The van der Waals surface area contributed by atoms with Gasteiger partial charge in [-0.3, -0.25) is 9.59 Å². The van der Waals surface area contributed by atoms with E-state index in [0.717, 1.165) is 10.4 Å². The Morgan fingerprint density at radius 2 is 1.97 bits per heavy atom. The van der Waals surface area contributed by atoms with Crippen LogP contribution in [0.15, 0.2) is 48.7 Å². The molecule has 2 atom stereocenters. The zero-order valence-electron chi connectivity index (χ0n) is 19.2. The molecule has 0 aliphatic carbocycles. The average Bonchev–Trinajstić information content (AvgIpc) is 3.30. The van der Waals surface area contributed by atoms with Crippen LogP contribution in [-0.2, 0) is 11.2 Å². The molecule has 0 unspecified atom stereocenters. The van der Waals surface area contributed by atoms with Crippen molar-refractivity contribution in [3.63, 3.8) is 0 Å². The lowest BCUT2D eigenvalue weighted by Gasteiger charge is -2.28. The summed E-state index contributed by atoms with van der Waals surface area (Å²) in [6.45, 7) is 2.88. The highest BCUT2D eigenvalue weighted by molar-refractivity contribution is 6.30. The number of nitrogens with zero attached hydrogens (tertiary/aromatic N) is 3. The van der Waals surface area contributed by atoms with Gasteiger partial charge >= 0.3 is 5.97 Å². The van der Waals surface area contributed by atoms with E-state index in [4.69, 9.17) is 16.4 Å². The number of carboxylic acid groups (broad SMARTS) is 1. The maximum Gasteiger partial charge on any atom is 0.311 e. The number of carboxylic acids is 1. The standard InChI is InChI=1S/C24H26ClFN4O5/c1-3-35-30-13-21(28-29-30)22(32)27-18(12-24(2,14-31)23(33)34)10-15-4-6-16(7-5-15)19-11-17(25)8-9-20(19)26/h4-9,11,13,18,31H,3,10,12,14H2,1-2H3,(H,27,32)(H,33,34)/t18-,24+/m1/s1. The SMILES string of the molecule is CCOn1cc(C(=O)N[C@H](Cc2ccc(-c3cc(Cl)ccc3F)cc2)C[C@@](C)(CO)C(=O)O)nn1. The van der Waals surface area contributed by atoms with Crippen LogP contribution in [0.1, 0.15) is 36.3 Å². The molecule has 0 bridgehead atoms. The summed E-state index contributed by atoms with van der Waals surface area (Å²) in [5, 5.41) is 30.0. The van der Waals surface area contributed by atoms with Crippen LogP contribution in [-0.4, -0.2) is 56.5 Å². The van der Waals surface area contributed by atoms with Gasteiger partial charge in [0.1, 0.15) is 18.6 Å². The van der Waals surface area contributed by atoms with Crippen molar-refractivity contribution in [2.45, 2.75) is 32.7 Å². The Hall–Kier alpha value is -3.50. The van der Waals surface area contributed by atoms with Gasteiger partial charge in [-0.25, -0.2) is 4.39 Å². The van der Waals surface area contributed by atoms with E-state index in [-0.39, 0.29) is 18.5 Å². The lowest BCUT2D eigenvalue weighted by molar-refractivity contribution is -0.151. The van der Waals surface area contributed by atoms with Crippen LogP contribution in [0.25, 0.3) is 11.1 Å². The van der Waals surface area contributed by atoms with Crippen molar-refractivity contribution in [3.05, 3.63) is 70.8 Å². The topological polar surface area (TPSA) is 127 Å². The van der Waals surface area contributed by atoms with Gasteiger partial charge in [-0.1, -0.05) is 40.7 Å². The smallest absolute Gasteiger partial charge is 0.311 e.